The molecule has 9 nitrogen and oxygen atoms in total. The van der Waals surface area contributed by atoms with Crippen molar-refractivity contribution in [1.29, 1.82) is 0 Å². The van der Waals surface area contributed by atoms with Gasteiger partial charge in [0.15, 0.2) is 0 Å². The quantitative estimate of drug-likeness (QED) is 0.134. The van der Waals surface area contributed by atoms with Crippen LogP contribution in [0.5, 0.6) is 5.75 Å². The van der Waals surface area contributed by atoms with Crippen molar-refractivity contribution in [3.05, 3.63) is 137 Å². The predicted molar refractivity (Wildman–Crippen MR) is 194 cm³/mol. The minimum atomic E-state index is -1.09. The van der Waals surface area contributed by atoms with Crippen LogP contribution in [0.4, 0.5) is 5.69 Å². The second-order valence-corrected chi connectivity index (χ2v) is 12.8. The number of carbonyl (C=O) groups excluding carboxylic acids is 2. The highest BCUT2D eigenvalue weighted by atomic mass is 16.5. The van der Waals surface area contributed by atoms with Crippen molar-refractivity contribution in [3.8, 4) is 16.9 Å². The fourth-order valence-electron chi connectivity index (χ4n) is 6.45. The second kappa shape index (κ2) is 15.7. The Balaban J connectivity index is 1.09. The summed E-state index contributed by atoms with van der Waals surface area (Å²) in [4.78, 5) is 40.3. The molecule has 0 saturated heterocycles. The molecule has 9 heteroatoms. The number of hydrogen-bond donors (Lipinski definition) is 2. The van der Waals surface area contributed by atoms with Gasteiger partial charge in [0.25, 0.3) is 5.91 Å². The second-order valence-electron chi connectivity index (χ2n) is 12.8. The lowest BCUT2D eigenvalue weighted by Gasteiger charge is -2.31. The van der Waals surface area contributed by atoms with E-state index >= 15 is 0 Å². The number of hydrogen-bond acceptors (Lipinski definition) is 5. The third-order valence-electron chi connectivity index (χ3n) is 9.26. The van der Waals surface area contributed by atoms with Crippen LogP contribution in [0.15, 0.2) is 103 Å². The van der Waals surface area contributed by atoms with E-state index in [0.29, 0.717) is 38.1 Å². The molecule has 4 aromatic carbocycles. The molecule has 1 aromatic heterocycles. The Morgan fingerprint density at radius 3 is 2.54 bits per heavy atom. The number of nitrogens with zero attached hydrogens (tertiary/aromatic N) is 3. The minimum absolute atomic E-state index is 0.0991. The van der Waals surface area contributed by atoms with E-state index in [1.54, 1.807) is 18.2 Å². The zero-order valence-electron chi connectivity index (χ0n) is 28.5. The molecule has 0 fully saturated rings. The van der Waals surface area contributed by atoms with E-state index in [1.807, 2.05) is 82.6 Å². The Morgan fingerprint density at radius 1 is 0.940 bits per heavy atom. The SMILES string of the molecule is Cc1cccc(OCCCC(=O)N2CCCc3c(-c4cnn(Cc5cccc(C(=O)N[C@@H](Cc6ccccc6)C(=O)O)c5)c4)cccc32)c1C. The van der Waals surface area contributed by atoms with Gasteiger partial charge in [-0.15, -0.1) is 0 Å². The van der Waals surface area contributed by atoms with Crippen molar-refractivity contribution in [2.75, 3.05) is 18.1 Å². The number of aromatic nitrogens is 2. The third-order valence-corrected chi connectivity index (χ3v) is 9.26. The maximum atomic E-state index is 13.4. The van der Waals surface area contributed by atoms with Crippen LogP contribution in [-0.2, 0) is 29.0 Å². The number of amides is 2. The first-order chi connectivity index (χ1) is 24.3. The number of fused-ring (bicyclic) bond motifs is 1. The normalized spacial score (nSPS) is 13.0. The highest BCUT2D eigenvalue weighted by Gasteiger charge is 2.25. The highest BCUT2D eigenvalue weighted by Crippen LogP contribution is 2.36. The number of carboxylic acids is 1. The van der Waals surface area contributed by atoms with Gasteiger partial charge in [0.05, 0.1) is 19.3 Å². The van der Waals surface area contributed by atoms with Crippen molar-refractivity contribution in [1.82, 2.24) is 15.1 Å². The minimum Gasteiger partial charge on any atom is -0.493 e. The molecular weight excluding hydrogens is 628 g/mol. The summed E-state index contributed by atoms with van der Waals surface area (Å²) in [6, 6.07) is 27.4. The lowest BCUT2D eigenvalue weighted by Crippen LogP contribution is -2.42. The van der Waals surface area contributed by atoms with Gasteiger partial charge in [-0.1, -0.05) is 66.7 Å². The van der Waals surface area contributed by atoms with Crippen LogP contribution in [0, 0.1) is 13.8 Å². The number of aryl methyl sites for hydroxylation is 1. The summed E-state index contributed by atoms with van der Waals surface area (Å²) in [5.74, 6) is -0.564. The molecule has 0 spiro atoms. The number of carbonyl (C=O) groups is 3. The summed E-state index contributed by atoms with van der Waals surface area (Å²) in [7, 11) is 0. The summed E-state index contributed by atoms with van der Waals surface area (Å²) in [5.41, 5.74) is 8.48. The van der Waals surface area contributed by atoms with E-state index in [9.17, 15) is 19.5 Å². The standard InChI is InChI=1S/C41H42N4O5/c1-28-11-6-19-38(29(28)2)50-22-10-20-39(46)45-21-9-17-35-34(16-8-18-37(35)45)33-25-42-44(27-33)26-31-14-7-15-32(23-31)40(47)43-36(41(48)49)24-30-12-4-3-5-13-30/h3-8,11-16,18-19,23,25,27,36H,9-10,17,20-22,24,26H2,1-2H3,(H,43,47)(H,48,49)/t36-/m0/s1. The van der Waals surface area contributed by atoms with Gasteiger partial charge in [-0.25, -0.2) is 4.79 Å². The molecule has 0 bridgehead atoms. The Labute approximate surface area is 292 Å². The third kappa shape index (κ3) is 8.11. The summed E-state index contributed by atoms with van der Waals surface area (Å²) in [6.07, 6.45) is 6.80. The first-order valence-corrected chi connectivity index (χ1v) is 17.1. The lowest BCUT2D eigenvalue weighted by atomic mass is 9.93. The average molecular weight is 671 g/mol. The largest absolute Gasteiger partial charge is 0.493 e. The molecular formula is C41H42N4O5. The van der Waals surface area contributed by atoms with Gasteiger partial charge in [0, 0.05) is 42.4 Å². The molecule has 1 aliphatic rings. The Bertz CT molecular complexity index is 1990. The van der Waals surface area contributed by atoms with Gasteiger partial charge >= 0.3 is 5.97 Å². The van der Waals surface area contributed by atoms with Gasteiger partial charge in [-0.05, 0) is 90.8 Å². The molecule has 1 atom stereocenters. The molecule has 0 radical (unpaired) electrons. The lowest BCUT2D eigenvalue weighted by molar-refractivity contribution is -0.139. The molecule has 6 rings (SSSR count). The Hall–Kier alpha value is -5.70. The van der Waals surface area contributed by atoms with Gasteiger partial charge < -0.3 is 20.1 Å². The smallest absolute Gasteiger partial charge is 0.326 e. The van der Waals surface area contributed by atoms with E-state index in [0.717, 1.165) is 57.7 Å². The van der Waals surface area contributed by atoms with E-state index in [4.69, 9.17) is 4.74 Å². The first kappa shape index (κ1) is 34.2. The van der Waals surface area contributed by atoms with Crippen molar-refractivity contribution in [3.63, 3.8) is 0 Å². The number of ether oxygens (including phenoxy) is 1. The molecule has 256 valence electrons. The van der Waals surface area contributed by atoms with E-state index in [2.05, 4.69) is 36.4 Å². The molecule has 50 heavy (non-hydrogen) atoms. The monoisotopic (exact) mass is 670 g/mol. The number of aliphatic carboxylic acids is 1. The number of benzene rings is 4. The molecule has 2 N–H and O–H groups in total. The average Bonchev–Trinajstić information content (AvgIpc) is 3.59. The van der Waals surface area contributed by atoms with Crippen molar-refractivity contribution >= 4 is 23.5 Å². The fourth-order valence-corrected chi connectivity index (χ4v) is 6.45. The number of anilines is 1. The molecule has 2 amide bonds. The highest BCUT2D eigenvalue weighted by molar-refractivity contribution is 5.97. The maximum Gasteiger partial charge on any atom is 0.326 e. The molecule has 0 saturated carbocycles. The van der Waals surface area contributed by atoms with Gasteiger partial charge in [0.2, 0.25) is 5.91 Å². The Morgan fingerprint density at radius 2 is 1.72 bits per heavy atom. The zero-order valence-corrected chi connectivity index (χ0v) is 28.5. The zero-order chi connectivity index (χ0) is 35.0. The fraction of sp³-hybridized carbons (Fsp3) is 0.268. The number of nitrogens with one attached hydrogen (secondary N) is 1. The van der Waals surface area contributed by atoms with E-state index in [1.165, 1.54) is 5.56 Å². The predicted octanol–water partition coefficient (Wildman–Crippen LogP) is 6.78. The van der Waals surface area contributed by atoms with Gasteiger partial charge in [-0.2, -0.15) is 5.10 Å². The van der Waals surface area contributed by atoms with Crippen molar-refractivity contribution in [2.24, 2.45) is 0 Å². The number of rotatable bonds is 13. The molecule has 2 heterocycles. The molecule has 5 aromatic rings. The van der Waals surface area contributed by atoms with E-state index in [-0.39, 0.29) is 12.3 Å². The van der Waals surface area contributed by atoms with Crippen LogP contribution in [-0.4, -0.2) is 51.9 Å². The van der Waals surface area contributed by atoms with Gasteiger partial charge in [0.1, 0.15) is 11.8 Å². The molecule has 1 aliphatic heterocycles. The Kier molecular flexibility index (Phi) is 10.7. The van der Waals surface area contributed by atoms with Crippen molar-refractivity contribution in [2.45, 2.75) is 58.5 Å². The summed E-state index contributed by atoms with van der Waals surface area (Å²) >= 11 is 0. The topological polar surface area (TPSA) is 114 Å². The maximum absolute atomic E-state index is 13.4. The number of carboxylic acid groups (broad SMARTS) is 1. The van der Waals surface area contributed by atoms with Gasteiger partial charge in [-0.3, -0.25) is 14.3 Å². The molecule has 0 aliphatic carbocycles. The van der Waals surface area contributed by atoms with Crippen LogP contribution in [0.25, 0.3) is 11.1 Å². The summed E-state index contributed by atoms with van der Waals surface area (Å²) in [6.45, 7) is 5.72. The first-order valence-electron chi connectivity index (χ1n) is 17.1. The van der Waals surface area contributed by atoms with E-state index < -0.39 is 17.9 Å². The summed E-state index contributed by atoms with van der Waals surface area (Å²) in [5, 5.41) is 17.0. The van der Waals surface area contributed by atoms with Crippen LogP contribution < -0.4 is 15.0 Å². The van der Waals surface area contributed by atoms with Crippen LogP contribution in [0.1, 0.15) is 57.4 Å². The van der Waals surface area contributed by atoms with Crippen LogP contribution in [0.2, 0.25) is 0 Å². The van der Waals surface area contributed by atoms with Crippen LogP contribution >= 0.6 is 0 Å². The molecule has 0 unspecified atom stereocenters. The van der Waals surface area contributed by atoms with Crippen LogP contribution in [0.3, 0.4) is 0 Å². The summed E-state index contributed by atoms with van der Waals surface area (Å²) < 4.78 is 7.81. The van der Waals surface area contributed by atoms with Crippen molar-refractivity contribution < 1.29 is 24.2 Å².